The van der Waals surface area contributed by atoms with Gasteiger partial charge in [0.1, 0.15) is 17.6 Å². The highest BCUT2D eigenvalue weighted by Gasteiger charge is 2.38. The van der Waals surface area contributed by atoms with Crippen LogP contribution in [0.2, 0.25) is 5.02 Å². The summed E-state index contributed by atoms with van der Waals surface area (Å²) >= 11 is 5.78. The summed E-state index contributed by atoms with van der Waals surface area (Å²) in [6, 6.07) is 8.57. The predicted octanol–water partition coefficient (Wildman–Crippen LogP) is 3.60. The fraction of sp³-hybridized carbons (Fsp3) is 0.263. The van der Waals surface area contributed by atoms with Gasteiger partial charge in [-0.1, -0.05) is 17.7 Å². The van der Waals surface area contributed by atoms with Gasteiger partial charge in [0.05, 0.1) is 5.69 Å². The molecule has 0 bridgehead atoms. The largest absolute Gasteiger partial charge is 0.351 e. The van der Waals surface area contributed by atoms with E-state index in [0.717, 1.165) is 5.56 Å². The topological polar surface area (TPSA) is 49.4 Å². The molecule has 4 nitrogen and oxygen atoms in total. The van der Waals surface area contributed by atoms with Crippen molar-refractivity contribution in [2.24, 2.45) is 5.92 Å². The highest BCUT2D eigenvalue weighted by atomic mass is 35.5. The maximum Gasteiger partial charge on any atom is 0.239 e. The average Bonchev–Trinajstić information content (AvgIpc) is 2.93. The number of anilines is 1. The zero-order valence-corrected chi connectivity index (χ0v) is 14.8. The lowest BCUT2D eigenvalue weighted by Gasteiger charge is -2.18. The third-order valence-corrected chi connectivity index (χ3v) is 4.52. The summed E-state index contributed by atoms with van der Waals surface area (Å²) in [5, 5.41) is 2.84. The number of hydrogen-bond acceptors (Lipinski definition) is 2. The third kappa shape index (κ3) is 3.85. The van der Waals surface area contributed by atoms with E-state index in [9.17, 15) is 18.4 Å². The van der Waals surface area contributed by atoms with E-state index >= 15 is 0 Å². The maximum atomic E-state index is 14.1. The van der Waals surface area contributed by atoms with E-state index in [-0.39, 0.29) is 23.8 Å². The summed E-state index contributed by atoms with van der Waals surface area (Å²) in [5.74, 6) is -2.79. The molecule has 0 spiro atoms. The highest BCUT2D eigenvalue weighted by molar-refractivity contribution is 6.30. The smallest absolute Gasteiger partial charge is 0.239 e. The molecule has 136 valence electrons. The lowest BCUT2D eigenvalue weighted by molar-refractivity contribution is -0.132. The summed E-state index contributed by atoms with van der Waals surface area (Å²) in [4.78, 5) is 26.1. The van der Waals surface area contributed by atoms with Crippen molar-refractivity contribution in [3.63, 3.8) is 0 Å². The van der Waals surface area contributed by atoms with Crippen molar-refractivity contribution < 1.29 is 18.4 Å². The number of amides is 2. The lowest BCUT2D eigenvalue weighted by Crippen LogP contribution is -2.36. The Morgan fingerprint density at radius 2 is 2.04 bits per heavy atom. The van der Waals surface area contributed by atoms with Gasteiger partial charge in [0, 0.05) is 18.1 Å². The minimum Gasteiger partial charge on any atom is -0.351 e. The molecule has 1 heterocycles. The molecule has 26 heavy (non-hydrogen) atoms. The van der Waals surface area contributed by atoms with E-state index in [1.54, 1.807) is 13.0 Å². The van der Waals surface area contributed by atoms with Crippen LogP contribution >= 0.6 is 11.6 Å². The van der Waals surface area contributed by atoms with E-state index in [4.69, 9.17) is 11.6 Å². The third-order valence-electron chi connectivity index (χ3n) is 4.31. The number of aryl methyl sites for hydroxylation is 1. The number of rotatable bonds is 4. The molecule has 1 aliphatic rings. The van der Waals surface area contributed by atoms with E-state index in [1.165, 1.54) is 35.2 Å². The molecule has 0 aromatic heterocycles. The van der Waals surface area contributed by atoms with Crippen LogP contribution < -0.4 is 10.2 Å². The van der Waals surface area contributed by atoms with Gasteiger partial charge in [-0.05, 0) is 54.8 Å². The minimum atomic E-state index is -0.889. The number of carbonyl (C=O) groups is 2. The van der Waals surface area contributed by atoms with Gasteiger partial charge < -0.3 is 10.2 Å². The predicted molar refractivity (Wildman–Crippen MR) is 94.9 cm³/mol. The fourth-order valence-electron chi connectivity index (χ4n) is 3.02. The summed E-state index contributed by atoms with van der Waals surface area (Å²) in [6.07, 6.45) is 0.294. The van der Waals surface area contributed by atoms with Crippen molar-refractivity contribution in [2.45, 2.75) is 19.9 Å². The van der Waals surface area contributed by atoms with Crippen molar-refractivity contribution >= 4 is 29.1 Å². The summed E-state index contributed by atoms with van der Waals surface area (Å²) in [5.41, 5.74) is 1.42. The molecule has 2 aromatic carbocycles. The van der Waals surface area contributed by atoms with Crippen molar-refractivity contribution in [3.05, 3.63) is 64.2 Å². The van der Waals surface area contributed by atoms with Crippen LogP contribution in [0.25, 0.3) is 0 Å². The van der Waals surface area contributed by atoms with Crippen LogP contribution in [0.1, 0.15) is 17.5 Å². The Kier molecular flexibility index (Phi) is 5.23. The van der Waals surface area contributed by atoms with E-state index in [0.29, 0.717) is 12.0 Å². The molecule has 7 heteroatoms. The Morgan fingerprint density at radius 1 is 1.27 bits per heavy atom. The van der Waals surface area contributed by atoms with Crippen LogP contribution in [0, 0.1) is 24.5 Å². The van der Waals surface area contributed by atoms with Crippen LogP contribution in [-0.4, -0.2) is 18.4 Å². The average molecular weight is 379 g/mol. The molecule has 1 saturated heterocycles. The number of carbonyl (C=O) groups excluding carboxylic acids is 2. The van der Waals surface area contributed by atoms with Gasteiger partial charge in [-0.25, -0.2) is 8.78 Å². The number of halogens is 3. The lowest BCUT2D eigenvalue weighted by atomic mass is 10.1. The van der Waals surface area contributed by atoms with Gasteiger partial charge in [0.15, 0.2) is 0 Å². The summed E-state index contributed by atoms with van der Waals surface area (Å²) in [7, 11) is 0. The van der Waals surface area contributed by atoms with E-state index in [1.807, 2.05) is 0 Å². The Labute approximate surface area is 154 Å². The first-order valence-electron chi connectivity index (χ1n) is 8.15. The van der Waals surface area contributed by atoms with Crippen LogP contribution in [0.3, 0.4) is 0 Å². The Balaban J connectivity index is 1.66. The summed E-state index contributed by atoms with van der Waals surface area (Å²) < 4.78 is 27.4. The van der Waals surface area contributed by atoms with Gasteiger partial charge in [-0.15, -0.1) is 0 Å². The second kappa shape index (κ2) is 7.41. The molecular weight excluding hydrogens is 362 g/mol. The van der Waals surface area contributed by atoms with Gasteiger partial charge in [-0.3, -0.25) is 9.59 Å². The molecule has 1 atom stereocenters. The minimum absolute atomic E-state index is 0.0545. The number of nitrogens with one attached hydrogen (secondary N) is 1. The molecule has 1 N–H and O–H groups in total. The molecular formula is C19H17ClF2N2O2. The van der Waals surface area contributed by atoms with Crippen molar-refractivity contribution in [3.8, 4) is 0 Å². The monoisotopic (exact) mass is 378 g/mol. The second-order valence-electron chi connectivity index (χ2n) is 6.28. The van der Waals surface area contributed by atoms with Gasteiger partial charge >= 0.3 is 0 Å². The number of nitrogens with zero attached hydrogens (tertiary/aromatic N) is 1. The Morgan fingerprint density at radius 3 is 2.73 bits per heavy atom. The van der Waals surface area contributed by atoms with Crippen LogP contribution in [0.4, 0.5) is 14.5 Å². The number of benzene rings is 2. The van der Waals surface area contributed by atoms with Crippen molar-refractivity contribution in [1.29, 1.82) is 0 Å². The number of hydrogen-bond donors (Lipinski definition) is 1. The highest BCUT2D eigenvalue weighted by Crippen LogP contribution is 2.28. The molecule has 3 rings (SSSR count). The molecule has 1 unspecified atom stereocenters. The van der Waals surface area contributed by atoms with E-state index in [2.05, 4.69) is 5.32 Å². The first-order valence-corrected chi connectivity index (χ1v) is 8.53. The summed E-state index contributed by atoms with van der Waals surface area (Å²) in [6.45, 7) is 2.08. The van der Waals surface area contributed by atoms with Gasteiger partial charge in [0.2, 0.25) is 11.8 Å². The van der Waals surface area contributed by atoms with Gasteiger partial charge in [-0.2, -0.15) is 0 Å². The molecule has 1 fully saturated rings. The fourth-order valence-corrected chi connectivity index (χ4v) is 3.26. The zero-order valence-electron chi connectivity index (χ0n) is 14.1. The second-order valence-corrected chi connectivity index (χ2v) is 6.72. The Bertz CT molecular complexity index is 852. The van der Waals surface area contributed by atoms with Crippen LogP contribution in [0.5, 0.6) is 0 Å². The molecule has 2 amide bonds. The first kappa shape index (κ1) is 18.3. The van der Waals surface area contributed by atoms with Crippen LogP contribution in [-0.2, 0) is 16.1 Å². The first-order chi connectivity index (χ1) is 12.3. The SMILES string of the molecule is Cc1ccc(N2CCC(C(=O)NCc3cc(F)cc(Cl)c3)C2=O)c(F)c1. The molecule has 0 radical (unpaired) electrons. The molecule has 0 saturated carbocycles. The van der Waals surface area contributed by atoms with Gasteiger partial charge in [0.25, 0.3) is 0 Å². The zero-order chi connectivity index (χ0) is 18.8. The Hall–Kier alpha value is -2.47. The van der Waals surface area contributed by atoms with Crippen molar-refractivity contribution in [2.75, 3.05) is 11.4 Å². The molecule has 0 aliphatic carbocycles. The standard InChI is InChI=1S/C19H17ClF2N2O2/c1-11-2-3-17(16(22)6-11)24-5-4-15(19(24)26)18(25)23-10-12-7-13(20)9-14(21)8-12/h2-3,6-9,15H,4-5,10H2,1H3,(H,23,25). The maximum absolute atomic E-state index is 14.1. The normalized spacial score (nSPS) is 16.8. The molecule has 2 aromatic rings. The van der Waals surface area contributed by atoms with Crippen molar-refractivity contribution in [1.82, 2.24) is 5.32 Å². The van der Waals surface area contributed by atoms with E-state index < -0.39 is 29.4 Å². The molecule has 1 aliphatic heterocycles. The van der Waals surface area contributed by atoms with Crippen LogP contribution in [0.15, 0.2) is 36.4 Å². The quantitative estimate of drug-likeness (QED) is 0.826.